The number of nitrogens with zero attached hydrogens (tertiary/aromatic N) is 1. The Morgan fingerprint density at radius 2 is 1.83 bits per heavy atom. The summed E-state index contributed by atoms with van der Waals surface area (Å²) in [5, 5.41) is 6.96. The van der Waals surface area contributed by atoms with Gasteiger partial charge in [-0.05, 0) is 29.8 Å². The third kappa shape index (κ3) is 4.57. The number of carbonyl (C=O) groups is 1. The molecule has 0 aliphatic carbocycles. The van der Waals surface area contributed by atoms with E-state index in [4.69, 9.17) is 23.2 Å². The second-order valence-corrected chi connectivity index (χ2v) is 6.97. The SMILES string of the molecule is O=C(Cc1csc(-c2cccc(Cl)c2)n1)NCc1cccc(Cl)c1. The summed E-state index contributed by atoms with van der Waals surface area (Å²) in [6.07, 6.45) is 0.248. The Kier molecular flexibility index (Phi) is 5.51. The Morgan fingerprint density at radius 3 is 2.58 bits per heavy atom. The van der Waals surface area contributed by atoms with Crippen molar-refractivity contribution in [3.63, 3.8) is 0 Å². The summed E-state index contributed by atoms with van der Waals surface area (Å²) in [6.45, 7) is 0.449. The van der Waals surface area contributed by atoms with Gasteiger partial charge in [0.05, 0.1) is 12.1 Å². The highest BCUT2D eigenvalue weighted by Crippen LogP contribution is 2.26. The van der Waals surface area contributed by atoms with Crippen LogP contribution in [-0.2, 0) is 17.8 Å². The van der Waals surface area contributed by atoms with Gasteiger partial charge in [-0.2, -0.15) is 0 Å². The average Bonchev–Trinajstić information content (AvgIpc) is 3.01. The maximum atomic E-state index is 12.1. The molecule has 24 heavy (non-hydrogen) atoms. The van der Waals surface area contributed by atoms with Crippen molar-refractivity contribution in [3.8, 4) is 10.6 Å². The van der Waals surface area contributed by atoms with Gasteiger partial charge in [0.1, 0.15) is 5.01 Å². The molecule has 0 fully saturated rings. The van der Waals surface area contributed by atoms with Crippen LogP contribution in [0.3, 0.4) is 0 Å². The molecule has 0 aliphatic rings. The van der Waals surface area contributed by atoms with Gasteiger partial charge in [0, 0.05) is 27.5 Å². The molecule has 122 valence electrons. The molecule has 0 saturated carbocycles. The number of thiazole rings is 1. The summed E-state index contributed by atoms with van der Waals surface area (Å²) in [7, 11) is 0. The number of hydrogen-bond donors (Lipinski definition) is 1. The normalized spacial score (nSPS) is 10.6. The lowest BCUT2D eigenvalue weighted by Gasteiger charge is -2.04. The summed E-state index contributed by atoms with van der Waals surface area (Å²) in [5.74, 6) is -0.0714. The first-order chi connectivity index (χ1) is 11.6. The second kappa shape index (κ2) is 7.79. The lowest BCUT2D eigenvalue weighted by molar-refractivity contribution is -0.120. The molecule has 1 amide bonds. The molecule has 1 aromatic heterocycles. The topological polar surface area (TPSA) is 42.0 Å². The highest BCUT2D eigenvalue weighted by molar-refractivity contribution is 7.13. The van der Waals surface area contributed by atoms with Crippen LogP contribution in [0.25, 0.3) is 10.6 Å². The molecule has 0 bridgehead atoms. The molecule has 1 N–H and O–H groups in total. The van der Waals surface area contributed by atoms with Crippen LogP contribution in [0.15, 0.2) is 53.9 Å². The minimum Gasteiger partial charge on any atom is -0.352 e. The van der Waals surface area contributed by atoms with Gasteiger partial charge >= 0.3 is 0 Å². The summed E-state index contributed by atoms with van der Waals surface area (Å²) in [5.41, 5.74) is 2.67. The van der Waals surface area contributed by atoms with Crippen molar-refractivity contribution in [2.75, 3.05) is 0 Å². The van der Waals surface area contributed by atoms with Crippen molar-refractivity contribution >= 4 is 40.4 Å². The van der Waals surface area contributed by atoms with E-state index in [0.29, 0.717) is 16.6 Å². The van der Waals surface area contributed by atoms with Gasteiger partial charge in [0.25, 0.3) is 0 Å². The average molecular weight is 377 g/mol. The van der Waals surface area contributed by atoms with Gasteiger partial charge in [-0.15, -0.1) is 11.3 Å². The molecule has 6 heteroatoms. The first-order valence-corrected chi connectivity index (χ1v) is 8.95. The predicted octanol–water partition coefficient (Wildman–Crippen LogP) is 4.98. The van der Waals surface area contributed by atoms with Gasteiger partial charge < -0.3 is 5.32 Å². The van der Waals surface area contributed by atoms with Crippen LogP contribution in [-0.4, -0.2) is 10.9 Å². The van der Waals surface area contributed by atoms with E-state index in [1.54, 1.807) is 6.07 Å². The summed E-state index contributed by atoms with van der Waals surface area (Å²) >= 11 is 13.4. The van der Waals surface area contributed by atoms with Gasteiger partial charge in [0.15, 0.2) is 0 Å². The first-order valence-electron chi connectivity index (χ1n) is 7.31. The summed E-state index contributed by atoms with van der Waals surface area (Å²) in [4.78, 5) is 16.6. The largest absolute Gasteiger partial charge is 0.352 e. The monoisotopic (exact) mass is 376 g/mol. The number of carbonyl (C=O) groups excluding carboxylic acids is 1. The maximum Gasteiger partial charge on any atom is 0.226 e. The van der Waals surface area contributed by atoms with Gasteiger partial charge in [-0.1, -0.05) is 47.5 Å². The zero-order valence-electron chi connectivity index (χ0n) is 12.6. The number of amides is 1. The van der Waals surface area contributed by atoms with E-state index >= 15 is 0 Å². The minimum atomic E-state index is -0.0714. The van der Waals surface area contributed by atoms with E-state index in [-0.39, 0.29) is 12.3 Å². The Hall–Kier alpha value is -1.88. The van der Waals surface area contributed by atoms with Crippen molar-refractivity contribution < 1.29 is 4.79 Å². The van der Waals surface area contributed by atoms with E-state index < -0.39 is 0 Å². The molecule has 0 atom stereocenters. The molecule has 0 radical (unpaired) electrons. The number of benzene rings is 2. The lowest BCUT2D eigenvalue weighted by atomic mass is 10.2. The second-order valence-electron chi connectivity index (χ2n) is 5.24. The molecule has 2 aromatic carbocycles. The molecule has 3 aromatic rings. The fourth-order valence-corrected chi connectivity index (χ4v) is 3.44. The molecule has 0 saturated heterocycles. The number of halogens is 2. The van der Waals surface area contributed by atoms with Crippen LogP contribution in [0, 0.1) is 0 Å². The smallest absolute Gasteiger partial charge is 0.226 e. The molecule has 3 rings (SSSR count). The van der Waals surface area contributed by atoms with Crippen molar-refractivity contribution in [2.24, 2.45) is 0 Å². The van der Waals surface area contributed by atoms with Gasteiger partial charge in [-0.25, -0.2) is 4.98 Å². The molecule has 0 spiro atoms. The molecule has 1 heterocycles. The third-order valence-electron chi connectivity index (χ3n) is 3.34. The maximum absolute atomic E-state index is 12.1. The van der Waals surface area contributed by atoms with Crippen molar-refractivity contribution in [2.45, 2.75) is 13.0 Å². The zero-order valence-corrected chi connectivity index (χ0v) is 15.0. The van der Waals surface area contributed by atoms with Crippen LogP contribution in [0.1, 0.15) is 11.3 Å². The van der Waals surface area contributed by atoms with Crippen molar-refractivity contribution in [3.05, 3.63) is 75.2 Å². The van der Waals surface area contributed by atoms with E-state index in [2.05, 4.69) is 10.3 Å². The molecule has 3 nitrogen and oxygen atoms in total. The Balaban J connectivity index is 1.59. The van der Waals surface area contributed by atoms with Gasteiger partial charge in [0.2, 0.25) is 5.91 Å². The number of aromatic nitrogens is 1. The molecule has 0 unspecified atom stereocenters. The van der Waals surface area contributed by atoms with Crippen molar-refractivity contribution in [1.29, 1.82) is 0 Å². The van der Waals surface area contributed by atoms with Crippen molar-refractivity contribution in [1.82, 2.24) is 10.3 Å². The zero-order chi connectivity index (χ0) is 16.9. The quantitative estimate of drug-likeness (QED) is 0.682. The lowest BCUT2D eigenvalue weighted by Crippen LogP contribution is -2.24. The predicted molar refractivity (Wildman–Crippen MR) is 99.6 cm³/mol. The summed E-state index contributed by atoms with van der Waals surface area (Å²) in [6, 6.07) is 15.0. The Bertz CT molecular complexity index is 863. The van der Waals surface area contributed by atoms with Crippen LogP contribution in [0.4, 0.5) is 0 Å². The fraction of sp³-hybridized carbons (Fsp3) is 0.111. The Morgan fingerprint density at radius 1 is 1.08 bits per heavy atom. The van der Waals surface area contributed by atoms with Crippen LogP contribution in [0.2, 0.25) is 10.0 Å². The van der Waals surface area contributed by atoms with Crippen LogP contribution < -0.4 is 5.32 Å². The van der Waals surface area contributed by atoms with Gasteiger partial charge in [-0.3, -0.25) is 4.79 Å². The fourth-order valence-electron chi connectivity index (χ4n) is 2.22. The van der Waals surface area contributed by atoms with Crippen LogP contribution in [0.5, 0.6) is 0 Å². The number of hydrogen-bond acceptors (Lipinski definition) is 3. The summed E-state index contributed by atoms with van der Waals surface area (Å²) < 4.78 is 0. The number of rotatable bonds is 5. The molecule has 0 aliphatic heterocycles. The molecular formula is C18H14Cl2N2OS. The van der Waals surface area contributed by atoms with E-state index in [1.807, 2.05) is 47.8 Å². The van der Waals surface area contributed by atoms with E-state index in [0.717, 1.165) is 21.8 Å². The highest BCUT2D eigenvalue weighted by atomic mass is 35.5. The first kappa shape index (κ1) is 17.0. The Labute approximate surface area is 154 Å². The van der Waals surface area contributed by atoms with E-state index in [9.17, 15) is 4.79 Å². The third-order valence-corrected chi connectivity index (χ3v) is 4.75. The van der Waals surface area contributed by atoms with Crippen LogP contribution >= 0.6 is 34.5 Å². The molecular weight excluding hydrogens is 363 g/mol. The number of nitrogens with one attached hydrogen (secondary N) is 1. The van der Waals surface area contributed by atoms with E-state index in [1.165, 1.54) is 11.3 Å². The minimum absolute atomic E-state index is 0.0714. The highest BCUT2D eigenvalue weighted by Gasteiger charge is 2.09. The standard InChI is InChI=1S/C18H14Cl2N2OS/c19-14-5-1-3-12(7-14)10-21-17(23)9-16-11-24-18(22-16)13-4-2-6-15(20)8-13/h1-8,11H,9-10H2,(H,21,23).